The van der Waals surface area contributed by atoms with Crippen LogP contribution in [-0.2, 0) is 17.9 Å². The smallest absolute Gasteiger partial charge is 0.0720 e. The first-order valence-corrected chi connectivity index (χ1v) is 4.44. The molecule has 1 aliphatic rings. The predicted octanol–water partition coefficient (Wildman–Crippen LogP) is 1.41. The van der Waals surface area contributed by atoms with E-state index in [4.69, 9.17) is 4.74 Å². The lowest BCUT2D eigenvalue weighted by atomic mass is 10.1. The van der Waals surface area contributed by atoms with E-state index in [2.05, 4.69) is 0 Å². The van der Waals surface area contributed by atoms with Crippen molar-refractivity contribution in [2.75, 3.05) is 13.2 Å². The fourth-order valence-electron chi connectivity index (χ4n) is 1.48. The van der Waals surface area contributed by atoms with Gasteiger partial charge in [-0.25, -0.2) is 0 Å². The van der Waals surface area contributed by atoms with Crippen molar-refractivity contribution in [1.29, 1.82) is 0 Å². The maximum Gasteiger partial charge on any atom is 0.0720 e. The van der Waals surface area contributed by atoms with Crippen molar-refractivity contribution in [3.05, 3.63) is 35.4 Å². The van der Waals surface area contributed by atoms with E-state index in [9.17, 15) is 5.21 Å². The Labute approximate surface area is 77.5 Å². The third kappa shape index (κ3) is 2.06. The molecule has 0 bridgehead atoms. The molecule has 3 heteroatoms. The van der Waals surface area contributed by atoms with Crippen molar-refractivity contribution in [3.63, 3.8) is 0 Å². The average Bonchev–Trinajstić information content (AvgIpc) is 2.11. The molecule has 70 valence electrons. The second-order valence-electron chi connectivity index (χ2n) is 3.21. The maximum absolute atomic E-state index is 9.41. The number of fused-ring (bicyclic) bond motifs is 1. The molecule has 0 atom stereocenters. The SMILES string of the molecule is ON1CCOCc2ccccc2C1. The molecule has 1 heterocycles. The van der Waals surface area contributed by atoms with Gasteiger partial charge in [0, 0.05) is 13.1 Å². The monoisotopic (exact) mass is 179 g/mol. The zero-order valence-corrected chi connectivity index (χ0v) is 7.44. The molecule has 0 fully saturated rings. The normalized spacial score (nSPS) is 18.8. The van der Waals surface area contributed by atoms with Gasteiger partial charge in [0.25, 0.3) is 0 Å². The Bertz CT molecular complexity index is 288. The van der Waals surface area contributed by atoms with Crippen LogP contribution in [-0.4, -0.2) is 23.4 Å². The van der Waals surface area contributed by atoms with Crippen LogP contribution in [0.2, 0.25) is 0 Å². The standard InChI is InChI=1S/C10H13NO2/c12-11-5-6-13-8-10-4-2-1-3-9(10)7-11/h1-4,12H,5-8H2. The summed E-state index contributed by atoms with van der Waals surface area (Å²) >= 11 is 0. The summed E-state index contributed by atoms with van der Waals surface area (Å²) in [7, 11) is 0. The van der Waals surface area contributed by atoms with E-state index in [1.807, 2.05) is 24.3 Å². The van der Waals surface area contributed by atoms with Crippen LogP contribution in [0.5, 0.6) is 0 Å². The molecular formula is C10H13NO2. The molecule has 0 unspecified atom stereocenters. The van der Waals surface area contributed by atoms with Crippen LogP contribution >= 0.6 is 0 Å². The van der Waals surface area contributed by atoms with E-state index < -0.39 is 0 Å². The Morgan fingerprint density at radius 3 is 2.85 bits per heavy atom. The van der Waals surface area contributed by atoms with Gasteiger partial charge >= 0.3 is 0 Å². The lowest BCUT2D eigenvalue weighted by Crippen LogP contribution is -2.26. The van der Waals surface area contributed by atoms with Gasteiger partial charge in [0.05, 0.1) is 13.2 Å². The van der Waals surface area contributed by atoms with Crippen molar-refractivity contribution in [3.8, 4) is 0 Å². The van der Waals surface area contributed by atoms with E-state index >= 15 is 0 Å². The van der Waals surface area contributed by atoms with Gasteiger partial charge in [0.2, 0.25) is 0 Å². The molecule has 2 rings (SSSR count). The summed E-state index contributed by atoms with van der Waals surface area (Å²) in [6, 6.07) is 8.03. The van der Waals surface area contributed by atoms with Crippen molar-refractivity contribution in [2.24, 2.45) is 0 Å². The van der Waals surface area contributed by atoms with Gasteiger partial charge in [0.15, 0.2) is 0 Å². The van der Waals surface area contributed by atoms with E-state index in [1.165, 1.54) is 10.6 Å². The minimum absolute atomic E-state index is 0.578. The van der Waals surface area contributed by atoms with Crippen LogP contribution in [0.3, 0.4) is 0 Å². The van der Waals surface area contributed by atoms with Crippen LogP contribution in [0.25, 0.3) is 0 Å². The molecule has 3 nitrogen and oxygen atoms in total. The summed E-state index contributed by atoms with van der Waals surface area (Å²) in [5.41, 5.74) is 2.31. The number of hydroxylamine groups is 2. The van der Waals surface area contributed by atoms with Gasteiger partial charge in [-0.15, -0.1) is 0 Å². The van der Waals surface area contributed by atoms with Crippen molar-refractivity contribution in [1.82, 2.24) is 5.06 Å². The quantitative estimate of drug-likeness (QED) is 0.653. The Morgan fingerprint density at radius 2 is 2.00 bits per heavy atom. The van der Waals surface area contributed by atoms with Gasteiger partial charge < -0.3 is 9.94 Å². The van der Waals surface area contributed by atoms with Gasteiger partial charge in [0.1, 0.15) is 0 Å². The number of benzene rings is 1. The van der Waals surface area contributed by atoms with E-state index in [0.29, 0.717) is 26.3 Å². The third-order valence-electron chi connectivity index (χ3n) is 2.22. The predicted molar refractivity (Wildman–Crippen MR) is 48.3 cm³/mol. The molecule has 0 saturated heterocycles. The molecule has 0 spiro atoms. The van der Waals surface area contributed by atoms with Crippen molar-refractivity contribution < 1.29 is 9.94 Å². The first-order chi connectivity index (χ1) is 6.36. The van der Waals surface area contributed by atoms with E-state index in [-0.39, 0.29) is 0 Å². The van der Waals surface area contributed by atoms with E-state index in [0.717, 1.165) is 5.56 Å². The Hall–Kier alpha value is -0.900. The molecule has 0 amide bonds. The lowest BCUT2D eigenvalue weighted by molar-refractivity contribution is -0.117. The van der Waals surface area contributed by atoms with Crippen LogP contribution in [0, 0.1) is 0 Å². The highest BCUT2D eigenvalue weighted by atomic mass is 16.5. The van der Waals surface area contributed by atoms with E-state index in [1.54, 1.807) is 0 Å². The topological polar surface area (TPSA) is 32.7 Å². The third-order valence-corrected chi connectivity index (χ3v) is 2.22. The zero-order chi connectivity index (χ0) is 9.10. The highest BCUT2D eigenvalue weighted by molar-refractivity contribution is 5.26. The van der Waals surface area contributed by atoms with Crippen LogP contribution in [0.15, 0.2) is 24.3 Å². The Morgan fingerprint density at radius 1 is 1.23 bits per heavy atom. The second kappa shape index (κ2) is 3.87. The number of rotatable bonds is 0. The maximum atomic E-state index is 9.41. The molecule has 0 radical (unpaired) electrons. The lowest BCUT2D eigenvalue weighted by Gasteiger charge is -2.20. The van der Waals surface area contributed by atoms with Crippen molar-refractivity contribution >= 4 is 0 Å². The summed E-state index contributed by atoms with van der Waals surface area (Å²) in [5, 5.41) is 10.7. The van der Waals surface area contributed by atoms with Crippen LogP contribution in [0.1, 0.15) is 11.1 Å². The first-order valence-electron chi connectivity index (χ1n) is 4.44. The highest BCUT2D eigenvalue weighted by Gasteiger charge is 2.09. The average molecular weight is 179 g/mol. The minimum Gasteiger partial charge on any atom is -0.375 e. The molecule has 0 saturated carbocycles. The summed E-state index contributed by atoms with van der Waals surface area (Å²) in [6.45, 7) is 2.42. The van der Waals surface area contributed by atoms with Crippen molar-refractivity contribution in [2.45, 2.75) is 13.2 Å². The molecule has 1 N–H and O–H groups in total. The Balaban J connectivity index is 2.25. The molecule has 0 aliphatic carbocycles. The second-order valence-corrected chi connectivity index (χ2v) is 3.21. The summed E-state index contributed by atoms with van der Waals surface area (Å²) in [5.74, 6) is 0. The molecule has 1 aromatic rings. The summed E-state index contributed by atoms with van der Waals surface area (Å²) in [4.78, 5) is 0. The summed E-state index contributed by atoms with van der Waals surface area (Å²) < 4.78 is 5.37. The fourth-order valence-corrected chi connectivity index (χ4v) is 1.48. The minimum atomic E-state index is 0.578. The molecule has 1 aromatic carbocycles. The van der Waals surface area contributed by atoms with Crippen LogP contribution < -0.4 is 0 Å². The highest BCUT2D eigenvalue weighted by Crippen LogP contribution is 2.13. The molecular weight excluding hydrogens is 166 g/mol. The van der Waals surface area contributed by atoms with Gasteiger partial charge in [-0.1, -0.05) is 24.3 Å². The first kappa shape index (κ1) is 8.69. The zero-order valence-electron chi connectivity index (χ0n) is 7.44. The molecule has 1 aliphatic heterocycles. The Kier molecular flexibility index (Phi) is 2.59. The largest absolute Gasteiger partial charge is 0.375 e. The van der Waals surface area contributed by atoms with Gasteiger partial charge in [-0.2, -0.15) is 5.06 Å². The van der Waals surface area contributed by atoms with Crippen LogP contribution in [0.4, 0.5) is 0 Å². The number of hydrogen-bond donors (Lipinski definition) is 1. The van der Waals surface area contributed by atoms with Gasteiger partial charge in [-0.3, -0.25) is 0 Å². The fraction of sp³-hybridized carbons (Fsp3) is 0.400. The molecule has 0 aromatic heterocycles. The van der Waals surface area contributed by atoms with Gasteiger partial charge in [-0.05, 0) is 11.1 Å². The number of nitrogens with zero attached hydrogens (tertiary/aromatic N) is 1. The number of hydrogen-bond acceptors (Lipinski definition) is 3. The summed E-state index contributed by atoms with van der Waals surface area (Å²) in [6.07, 6.45) is 0. The number of ether oxygens (including phenoxy) is 1. The molecule has 13 heavy (non-hydrogen) atoms.